The summed E-state index contributed by atoms with van der Waals surface area (Å²) in [6.07, 6.45) is 0. The van der Waals surface area contributed by atoms with Crippen molar-refractivity contribution in [1.29, 1.82) is 0 Å². The van der Waals surface area contributed by atoms with Gasteiger partial charge in [-0.3, -0.25) is 0 Å². The lowest BCUT2D eigenvalue weighted by Crippen LogP contribution is -2.41. The fourth-order valence-electron chi connectivity index (χ4n) is 4.49. The molecule has 0 aromatic heterocycles. The van der Waals surface area contributed by atoms with Gasteiger partial charge in [0.2, 0.25) is 0 Å². The van der Waals surface area contributed by atoms with E-state index in [9.17, 15) is 0 Å². The van der Waals surface area contributed by atoms with Crippen molar-refractivity contribution in [2.75, 3.05) is 0 Å². The zero-order valence-corrected chi connectivity index (χ0v) is 20.7. The van der Waals surface area contributed by atoms with Crippen molar-refractivity contribution in [3.8, 4) is 0 Å². The van der Waals surface area contributed by atoms with Crippen LogP contribution in [0, 0.1) is 0 Å². The summed E-state index contributed by atoms with van der Waals surface area (Å²) in [5, 5.41) is 0. The molecule has 2 saturated heterocycles. The summed E-state index contributed by atoms with van der Waals surface area (Å²) in [6.45, 7) is 16.8. The monoisotopic (exact) mass is 434 g/mol. The molecule has 4 rings (SSSR count). The normalized spacial score (nSPS) is 25.0. The maximum Gasteiger partial charge on any atom is 0.465 e. The number of hydrogen-bond donors (Lipinski definition) is 0. The van der Waals surface area contributed by atoms with Crippen LogP contribution in [0.3, 0.4) is 0 Å². The van der Waals surface area contributed by atoms with E-state index in [0.717, 1.165) is 11.1 Å². The molecule has 2 unspecified atom stereocenters. The molecule has 32 heavy (non-hydrogen) atoms. The predicted octanol–water partition coefficient (Wildman–Crippen LogP) is 5.82. The van der Waals surface area contributed by atoms with Gasteiger partial charge in [-0.25, -0.2) is 0 Å². The SMILES string of the molecule is CC1(C)OB(C(c2ccccc2)C(B2OC(C)(C)C(C)(C)O2)c2ccccc2)OC1(C)C. The third-order valence-corrected chi connectivity index (χ3v) is 7.89. The smallest absolute Gasteiger partial charge is 0.403 e. The largest absolute Gasteiger partial charge is 0.465 e. The Labute approximate surface area is 194 Å². The second-order valence-electron chi connectivity index (χ2n) is 11.1. The van der Waals surface area contributed by atoms with Crippen LogP contribution in [0.4, 0.5) is 0 Å². The van der Waals surface area contributed by atoms with Gasteiger partial charge in [0.25, 0.3) is 0 Å². The molecule has 2 heterocycles. The fraction of sp³-hybridized carbons (Fsp3) is 0.538. The first-order valence-electron chi connectivity index (χ1n) is 11.7. The molecule has 0 amide bonds. The Morgan fingerprint density at radius 3 is 0.969 bits per heavy atom. The van der Waals surface area contributed by atoms with E-state index < -0.39 is 36.6 Å². The van der Waals surface area contributed by atoms with E-state index >= 15 is 0 Å². The van der Waals surface area contributed by atoms with Crippen molar-refractivity contribution in [3.63, 3.8) is 0 Å². The maximum absolute atomic E-state index is 6.61. The standard InChI is InChI=1S/C26H36B2O4/c1-23(2)24(3,4)30-27(29-23)21(19-15-11-9-12-16-19)22(20-17-13-10-14-18-20)28-31-25(5,6)26(7,8)32-28/h9-18,21-22H,1-8H3. The van der Waals surface area contributed by atoms with Gasteiger partial charge in [0.05, 0.1) is 22.4 Å². The summed E-state index contributed by atoms with van der Waals surface area (Å²) in [4.78, 5) is 0. The predicted molar refractivity (Wildman–Crippen MR) is 131 cm³/mol. The van der Waals surface area contributed by atoms with E-state index in [2.05, 4.69) is 104 Å². The van der Waals surface area contributed by atoms with Crippen LogP contribution in [0.5, 0.6) is 0 Å². The number of hydrogen-bond acceptors (Lipinski definition) is 4. The molecule has 2 aromatic carbocycles. The molecule has 0 bridgehead atoms. The molecule has 6 heteroatoms. The van der Waals surface area contributed by atoms with Crippen molar-refractivity contribution in [2.24, 2.45) is 0 Å². The van der Waals surface area contributed by atoms with Gasteiger partial charge < -0.3 is 18.6 Å². The highest BCUT2D eigenvalue weighted by Crippen LogP contribution is 2.49. The van der Waals surface area contributed by atoms with Crippen LogP contribution in [0.1, 0.15) is 78.2 Å². The van der Waals surface area contributed by atoms with E-state index in [1.165, 1.54) is 0 Å². The first kappa shape index (κ1) is 23.6. The molecule has 2 aromatic rings. The topological polar surface area (TPSA) is 36.9 Å². The van der Waals surface area contributed by atoms with E-state index in [0.29, 0.717) is 0 Å². The fourth-order valence-corrected chi connectivity index (χ4v) is 4.49. The second kappa shape index (κ2) is 8.02. The lowest BCUT2D eigenvalue weighted by molar-refractivity contribution is 0.00578. The average Bonchev–Trinajstić information content (AvgIpc) is 3.06. The Hall–Kier alpha value is -1.59. The molecule has 0 N–H and O–H groups in total. The van der Waals surface area contributed by atoms with Gasteiger partial charge in [-0.1, -0.05) is 60.7 Å². The number of benzene rings is 2. The highest BCUT2D eigenvalue weighted by atomic mass is 16.7. The minimum atomic E-state index is -0.438. The van der Waals surface area contributed by atoms with Crippen molar-refractivity contribution in [1.82, 2.24) is 0 Å². The van der Waals surface area contributed by atoms with Gasteiger partial charge in [-0.2, -0.15) is 0 Å². The molecule has 170 valence electrons. The van der Waals surface area contributed by atoms with Crippen LogP contribution in [-0.2, 0) is 18.6 Å². The summed E-state index contributed by atoms with van der Waals surface area (Å²) in [5.41, 5.74) is 0.581. The molecule has 2 atom stereocenters. The van der Waals surface area contributed by atoms with Crippen LogP contribution in [0.2, 0.25) is 0 Å². The first-order valence-corrected chi connectivity index (χ1v) is 11.7. The number of rotatable bonds is 5. The van der Waals surface area contributed by atoms with Crippen LogP contribution in [0.15, 0.2) is 60.7 Å². The van der Waals surface area contributed by atoms with Crippen LogP contribution >= 0.6 is 0 Å². The van der Waals surface area contributed by atoms with Gasteiger partial charge in [0, 0.05) is 11.6 Å². The van der Waals surface area contributed by atoms with E-state index in [-0.39, 0.29) is 11.6 Å². The van der Waals surface area contributed by atoms with Crippen LogP contribution in [0.25, 0.3) is 0 Å². The van der Waals surface area contributed by atoms with Crippen LogP contribution < -0.4 is 0 Å². The molecule has 0 saturated carbocycles. The van der Waals surface area contributed by atoms with Crippen molar-refractivity contribution >= 4 is 14.2 Å². The molecular weight excluding hydrogens is 398 g/mol. The molecule has 0 radical (unpaired) electrons. The summed E-state index contributed by atoms with van der Waals surface area (Å²) in [5.74, 6) is -0.233. The Kier molecular flexibility index (Phi) is 5.90. The van der Waals surface area contributed by atoms with E-state index in [1.54, 1.807) is 0 Å². The summed E-state index contributed by atoms with van der Waals surface area (Å²) in [6, 6.07) is 21.0. The Balaban J connectivity index is 1.84. The van der Waals surface area contributed by atoms with Crippen molar-refractivity contribution < 1.29 is 18.6 Å². The van der Waals surface area contributed by atoms with Gasteiger partial charge in [0.15, 0.2) is 0 Å². The highest BCUT2D eigenvalue weighted by Gasteiger charge is 2.61. The van der Waals surface area contributed by atoms with Crippen molar-refractivity contribution in [3.05, 3.63) is 71.8 Å². The van der Waals surface area contributed by atoms with Gasteiger partial charge in [0.1, 0.15) is 0 Å². The van der Waals surface area contributed by atoms with E-state index in [1.807, 2.05) is 12.1 Å². The third-order valence-electron chi connectivity index (χ3n) is 7.89. The maximum atomic E-state index is 6.61. The van der Waals surface area contributed by atoms with Gasteiger partial charge in [-0.15, -0.1) is 0 Å². The summed E-state index contributed by atoms with van der Waals surface area (Å²) >= 11 is 0. The highest BCUT2D eigenvalue weighted by molar-refractivity contribution is 6.55. The van der Waals surface area contributed by atoms with Crippen LogP contribution in [-0.4, -0.2) is 36.6 Å². The molecule has 2 aliphatic rings. The van der Waals surface area contributed by atoms with Gasteiger partial charge in [-0.05, 0) is 66.5 Å². The minimum absolute atomic E-state index is 0.116. The molecule has 4 nitrogen and oxygen atoms in total. The zero-order chi connectivity index (χ0) is 23.4. The average molecular weight is 434 g/mol. The Morgan fingerprint density at radius 1 is 0.469 bits per heavy atom. The molecule has 0 spiro atoms. The molecular formula is C26H36B2O4. The Morgan fingerprint density at radius 2 is 0.719 bits per heavy atom. The lowest BCUT2D eigenvalue weighted by Gasteiger charge is -2.32. The molecule has 2 fully saturated rings. The van der Waals surface area contributed by atoms with Gasteiger partial charge >= 0.3 is 14.2 Å². The first-order chi connectivity index (χ1) is 14.8. The second-order valence-corrected chi connectivity index (χ2v) is 11.1. The Bertz CT molecular complexity index is 818. The summed E-state index contributed by atoms with van der Waals surface area (Å²) in [7, 11) is -0.877. The zero-order valence-electron chi connectivity index (χ0n) is 20.7. The third kappa shape index (κ3) is 4.07. The quantitative estimate of drug-likeness (QED) is 0.557. The molecule has 0 aliphatic carbocycles. The minimum Gasteiger partial charge on any atom is -0.403 e. The lowest BCUT2D eigenvalue weighted by atomic mass is 9.49. The molecule has 2 aliphatic heterocycles. The van der Waals surface area contributed by atoms with E-state index in [4.69, 9.17) is 18.6 Å². The van der Waals surface area contributed by atoms with Crippen molar-refractivity contribution in [2.45, 2.75) is 89.4 Å². The summed E-state index contributed by atoms with van der Waals surface area (Å²) < 4.78 is 26.5.